The fourth-order valence-corrected chi connectivity index (χ4v) is 5.62. The lowest BCUT2D eigenvalue weighted by Gasteiger charge is -2.33. The van der Waals surface area contributed by atoms with Crippen molar-refractivity contribution in [2.75, 3.05) is 33.0 Å². The summed E-state index contributed by atoms with van der Waals surface area (Å²) in [4.78, 5) is 15.1. The maximum atomic E-state index is 13.1. The minimum atomic E-state index is -0.173. The van der Waals surface area contributed by atoms with Gasteiger partial charge in [0.2, 0.25) is 0 Å². The molecule has 1 amide bonds. The Labute approximate surface area is 196 Å². The Balaban J connectivity index is 1.18. The summed E-state index contributed by atoms with van der Waals surface area (Å²) in [7, 11) is 0. The van der Waals surface area contributed by atoms with Crippen LogP contribution in [-0.2, 0) is 14.2 Å². The Hall–Kier alpha value is -2.63. The lowest BCUT2D eigenvalue weighted by Crippen LogP contribution is -2.43. The molecule has 33 heavy (non-hydrogen) atoms. The molecule has 2 unspecified atom stereocenters. The van der Waals surface area contributed by atoms with E-state index < -0.39 is 0 Å². The second-order valence-electron chi connectivity index (χ2n) is 9.10. The number of carbonyl (C=O) groups excluding carboxylic acids is 1. The summed E-state index contributed by atoms with van der Waals surface area (Å²) < 4.78 is 16.9. The van der Waals surface area contributed by atoms with Gasteiger partial charge in [-0.05, 0) is 54.9 Å². The predicted octanol–water partition coefficient (Wildman–Crippen LogP) is 5.54. The van der Waals surface area contributed by atoms with E-state index in [1.807, 2.05) is 11.8 Å². The fraction of sp³-hybridized carbons (Fsp3) is 0.464. The van der Waals surface area contributed by atoms with E-state index in [-0.39, 0.29) is 24.1 Å². The SMILES string of the molecule is CCOCCOCCC1=CC2CCC(C1)N2C(=O)OCC1c2ccccc2-c2ccccc21. The Morgan fingerprint density at radius 1 is 0.939 bits per heavy atom. The molecule has 0 saturated carbocycles. The highest BCUT2D eigenvalue weighted by Crippen LogP contribution is 2.45. The van der Waals surface area contributed by atoms with Crippen molar-refractivity contribution in [2.24, 2.45) is 0 Å². The van der Waals surface area contributed by atoms with E-state index in [9.17, 15) is 4.79 Å². The molecule has 5 nitrogen and oxygen atoms in total. The van der Waals surface area contributed by atoms with E-state index in [0.717, 1.165) is 32.3 Å². The number of rotatable bonds is 9. The molecule has 1 aliphatic carbocycles. The van der Waals surface area contributed by atoms with Crippen LogP contribution >= 0.6 is 0 Å². The second-order valence-corrected chi connectivity index (χ2v) is 9.10. The van der Waals surface area contributed by atoms with Crippen molar-refractivity contribution in [3.63, 3.8) is 0 Å². The van der Waals surface area contributed by atoms with Crippen molar-refractivity contribution in [3.8, 4) is 11.1 Å². The van der Waals surface area contributed by atoms with Gasteiger partial charge in [0.1, 0.15) is 6.61 Å². The smallest absolute Gasteiger partial charge is 0.410 e. The first kappa shape index (κ1) is 22.2. The van der Waals surface area contributed by atoms with E-state index in [1.165, 1.54) is 27.8 Å². The third kappa shape index (κ3) is 4.57. The van der Waals surface area contributed by atoms with Crippen LogP contribution < -0.4 is 0 Å². The van der Waals surface area contributed by atoms with Crippen LogP contribution in [0, 0.1) is 0 Å². The molecule has 2 aliphatic heterocycles. The molecule has 3 aliphatic rings. The first-order valence-electron chi connectivity index (χ1n) is 12.2. The summed E-state index contributed by atoms with van der Waals surface area (Å²) in [6, 6.07) is 17.3. The minimum absolute atomic E-state index is 0.101. The van der Waals surface area contributed by atoms with Crippen molar-refractivity contribution in [3.05, 3.63) is 71.3 Å². The highest BCUT2D eigenvalue weighted by atomic mass is 16.6. The summed E-state index contributed by atoms with van der Waals surface area (Å²) in [5, 5.41) is 0. The average Bonchev–Trinajstić information content (AvgIpc) is 3.31. The van der Waals surface area contributed by atoms with Crippen molar-refractivity contribution < 1.29 is 19.0 Å². The van der Waals surface area contributed by atoms with Gasteiger partial charge in [-0.3, -0.25) is 4.90 Å². The molecule has 5 heteroatoms. The zero-order chi connectivity index (χ0) is 22.6. The Morgan fingerprint density at radius 2 is 1.64 bits per heavy atom. The number of ether oxygens (including phenoxy) is 3. The van der Waals surface area contributed by atoms with E-state index >= 15 is 0 Å². The van der Waals surface area contributed by atoms with E-state index in [0.29, 0.717) is 26.4 Å². The van der Waals surface area contributed by atoms with Gasteiger partial charge in [-0.25, -0.2) is 4.79 Å². The molecular weight excluding hydrogens is 414 g/mol. The number of amides is 1. The van der Waals surface area contributed by atoms with Crippen LogP contribution in [0.25, 0.3) is 11.1 Å². The third-order valence-corrected chi connectivity index (χ3v) is 7.16. The molecule has 2 aromatic carbocycles. The van der Waals surface area contributed by atoms with Crippen LogP contribution in [0.1, 0.15) is 49.7 Å². The molecule has 2 heterocycles. The normalized spacial score (nSPS) is 21.0. The fourth-order valence-electron chi connectivity index (χ4n) is 5.62. The molecular formula is C28H33NO4. The molecule has 174 valence electrons. The van der Waals surface area contributed by atoms with Crippen LogP contribution in [-0.4, -0.2) is 56.1 Å². The van der Waals surface area contributed by atoms with Gasteiger partial charge in [0.05, 0.1) is 25.9 Å². The van der Waals surface area contributed by atoms with E-state index in [1.54, 1.807) is 0 Å². The number of fused-ring (bicyclic) bond motifs is 5. The summed E-state index contributed by atoms with van der Waals surface area (Å²) in [5.41, 5.74) is 6.41. The Bertz CT molecular complexity index is 971. The van der Waals surface area contributed by atoms with Gasteiger partial charge in [0.15, 0.2) is 0 Å². The molecule has 1 saturated heterocycles. The zero-order valence-electron chi connectivity index (χ0n) is 19.4. The van der Waals surface area contributed by atoms with Gasteiger partial charge in [0, 0.05) is 18.6 Å². The van der Waals surface area contributed by atoms with Crippen LogP contribution in [0.4, 0.5) is 4.79 Å². The van der Waals surface area contributed by atoms with Crippen LogP contribution in [0.15, 0.2) is 60.2 Å². The molecule has 5 rings (SSSR count). The number of benzene rings is 2. The maximum absolute atomic E-state index is 13.1. The summed E-state index contributed by atoms with van der Waals surface area (Å²) in [6.07, 6.45) is 6.01. The molecule has 0 N–H and O–H groups in total. The number of nitrogens with zero attached hydrogens (tertiary/aromatic N) is 1. The van der Waals surface area contributed by atoms with E-state index in [4.69, 9.17) is 14.2 Å². The van der Waals surface area contributed by atoms with Gasteiger partial charge >= 0.3 is 6.09 Å². The van der Waals surface area contributed by atoms with Crippen molar-refractivity contribution in [1.29, 1.82) is 0 Å². The first-order chi connectivity index (χ1) is 16.3. The quantitative estimate of drug-likeness (QED) is 0.374. The predicted molar refractivity (Wildman–Crippen MR) is 128 cm³/mol. The number of hydrogen-bond donors (Lipinski definition) is 0. The maximum Gasteiger partial charge on any atom is 0.410 e. The second kappa shape index (κ2) is 10.1. The van der Waals surface area contributed by atoms with Crippen LogP contribution in [0.5, 0.6) is 0 Å². The molecule has 0 aromatic heterocycles. The molecule has 2 aromatic rings. The first-order valence-corrected chi connectivity index (χ1v) is 12.2. The van der Waals surface area contributed by atoms with Gasteiger partial charge in [0.25, 0.3) is 0 Å². The van der Waals surface area contributed by atoms with Crippen molar-refractivity contribution >= 4 is 6.09 Å². The monoisotopic (exact) mass is 447 g/mol. The summed E-state index contributed by atoms with van der Waals surface area (Å²) >= 11 is 0. The number of carbonyl (C=O) groups is 1. The highest BCUT2D eigenvalue weighted by molar-refractivity contribution is 5.79. The summed E-state index contributed by atoms with van der Waals surface area (Å²) in [6.45, 7) is 5.10. The molecule has 0 spiro atoms. The topological polar surface area (TPSA) is 48.0 Å². The zero-order valence-corrected chi connectivity index (χ0v) is 19.4. The molecule has 2 atom stereocenters. The van der Waals surface area contributed by atoms with Gasteiger partial charge in [-0.1, -0.05) is 60.2 Å². The molecule has 2 bridgehead atoms. The Morgan fingerprint density at radius 3 is 2.33 bits per heavy atom. The number of hydrogen-bond acceptors (Lipinski definition) is 4. The van der Waals surface area contributed by atoms with Crippen LogP contribution in [0.2, 0.25) is 0 Å². The van der Waals surface area contributed by atoms with Gasteiger partial charge in [-0.2, -0.15) is 0 Å². The van der Waals surface area contributed by atoms with Gasteiger partial charge in [-0.15, -0.1) is 0 Å². The molecule has 1 fully saturated rings. The molecule has 0 radical (unpaired) electrons. The van der Waals surface area contributed by atoms with Crippen LogP contribution in [0.3, 0.4) is 0 Å². The highest BCUT2D eigenvalue weighted by Gasteiger charge is 2.41. The van der Waals surface area contributed by atoms with Crippen molar-refractivity contribution in [1.82, 2.24) is 4.90 Å². The van der Waals surface area contributed by atoms with E-state index in [2.05, 4.69) is 54.6 Å². The third-order valence-electron chi connectivity index (χ3n) is 7.16. The largest absolute Gasteiger partial charge is 0.448 e. The minimum Gasteiger partial charge on any atom is -0.448 e. The standard InChI is InChI=1S/C28H33NO4/c1-2-31-15-16-32-14-13-20-17-21-11-12-22(18-20)29(21)28(30)33-19-27-25-9-5-3-7-23(25)24-8-4-6-10-26(24)27/h3-10,17,21-22,27H,2,11-16,18-19H2,1H3. The van der Waals surface area contributed by atoms with Gasteiger partial charge < -0.3 is 14.2 Å². The Kier molecular flexibility index (Phi) is 6.79. The summed E-state index contributed by atoms with van der Waals surface area (Å²) in [5.74, 6) is 0.101. The lowest BCUT2D eigenvalue weighted by molar-refractivity contribution is 0.0530. The van der Waals surface area contributed by atoms with Crippen molar-refractivity contribution in [2.45, 2.75) is 50.6 Å². The average molecular weight is 448 g/mol. The lowest BCUT2D eigenvalue weighted by atomic mass is 9.98.